The lowest BCUT2D eigenvalue weighted by atomic mass is 10.1. The standard InChI is InChI=1S/C27H24N6O3/c1-17(2)33(16-34)25(35)15-36-21-7-5-6-18(13-21)26-30-24-9-4-3-8-22(24)27(31-26)29-20-10-11-23-19(12-20)14-28-32-23/h3-14,16-17H,15H2,1-2H3,(H,28,32)(H,29,30,31). The highest BCUT2D eigenvalue weighted by molar-refractivity contribution is 5.93. The molecule has 2 heterocycles. The van der Waals surface area contributed by atoms with Crippen LogP contribution in [0, 0.1) is 0 Å². The first-order valence-electron chi connectivity index (χ1n) is 11.5. The molecule has 0 saturated heterocycles. The fourth-order valence-corrected chi connectivity index (χ4v) is 3.87. The highest BCUT2D eigenvalue weighted by atomic mass is 16.5. The zero-order valence-electron chi connectivity index (χ0n) is 19.8. The third kappa shape index (κ3) is 4.72. The molecule has 2 amide bonds. The van der Waals surface area contributed by atoms with Crippen molar-refractivity contribution >= 4 is 45.6 Å². The lowest BCUT2D eigenvalue weighted by Crippen LogP contribution is -2.38. The molecule has 0 spiro atoms. The maximum atomic E-state index is 12.3. The largest absolute Gasteiger partial charge is 0.484 e. The summed E-state index contributed by atoms with van der Waals surface area (Å²) in [5, 5.41) is 12.3. The number of nitrogens with zero attached hydrogens (tertiary/aromatic N) is 4. The first-order chi connectivity index (χ1) is 17.5. The van der Waals surface area contributed by atoms with Crippen LogP contribution in [0.5, 0.6) is 5.75 Å². The molecular weight excluding hydrogens is 456 g/mol. The zero-order valence-corrected chi connectivity index (χ0v) is 19.8. The van der Waals surface area contributed by atoms with Gasteiger partial charge in [-0.1, -0.05) is 24.3 Å². The number of H-pyrrole nitrogens is 1. The molecule has 2 N–H and O–H groups in total. The molecule has 0 unspecified atom stereocenters. The van der Waals surface area contributed by atoms with Crippen molar-refractivity contribution in [3.05, 3.63) is 72.9 Å². The van der Waals surface area contributed by atoms with Crippen molar-refractivity contribution in [3.63, 3.8) is 0 Å². The summed E-state index contributed by atoms with van der Waals surface area (Å²) < 4.78 is 5.68. The highest BCUT2D eigenvalue weighted by Crippen LogP contribution is 2.29. The fraction of sp³-hybridized carbons (Fsp3) is 0.148. The smallest absolute Gasteiger partial charge is 0.267 e. The number of carbonyl (C=O) groups is 2. The molecule has 0 aliphatic heterocycles. The van der Waals surface area contributed by atoms with E-state index in [1.54, 1.807) is 32.2 Å². The summed E-state index contributed by atoms with van der Waals surface area (Å²) in [4.78, 5) is 34.2. The molecule has 0 atom stereocenters. The summed E-state index contributed by atoms with van der Waals surface area (Å²) in [5.74, 6) is 1.24. The minimum Gasteiger partial charge on any atom is -0.484 e. The zero-order chi connectivity index (χ0) is 25.1. The van der Waals surface area contributed by atoms with Gasteiger partial charge in [0.25, 0.3) is 5.91 Å². The van der Waals surface area contributed by atoms with Crippen LogP contribution in [0.2, 0.25) is 0 Å². The van der Waals surface area contributed by atoms with Gasteiger partial charge in [0, 0.05) is 28.1 Å². The topological polar surface area (TPSA) is 113 Å². The van der Waals surface area contributed by atoms with Gasteiger partial charge in [-0.2, -0.15) is 5.10 Å². The van der Waals surface area contributed by atoms with Crippen LogP contribution in [0.4, 0.5) is 11.5 Å². The van der Waals surface area contributed by atoms with E-state index in [1.807, 2.05) is 54.6 Å². The lowest BCUT2D eigenvalue weighted by Gasteiger charge is -2.19. The molecular formula is C27H24N6O3. The molecule has 0 fully saturated rings. The van der Waals surface area contributed by atoms with Gasteiger partial charge in [-0.25, -0.2) is 9.97 Å². The van der Waals surface area contributed by atoms with Crippen molar-refractivity contribution in [3.8, 4) is 17.1 Å². The van der Waals surface area contributed by atoms with Crippen LogP contribution >= 0.6 is 0 Å². The van der Waals surface area contributed by atoms with Gasteiger partial charge in [-0.15, -0.1) is 0 Å². The molecule has 0 aliphatic carbocycles. The molecule has 2 aromatic heterocycles. The van der Waals surface area contributed by atoms with E-state index in [4.69, 9.17) is 14.7 Å². The molecule has 9 nitrogen and oxygen atoms in total. The third-order valence-corrected chi connectivity index (χ3v) is 5.72. The SMILES string of the molecule is CC(C)N(C=O)C(=O)COc1cccc(-c2nc(Nc3ccc4[nH]ncc4c3)c3ccccc3n2)c1. The Morgan fingerprint density at radius 1 is 1.08 bits per heavy atom. The van der Waals surface area contributed by atoms with Crippen LogP contribution in [-0.4, -0.2) is 50.0 Å². The van der Waals surface area contributed by atoms with Gasteiger partial charge in [0.1, 0.15) is 11.6 Å². The van der Waals surface area contributed by atoms with E-state index >= 15 is 0 Å². The molecule has 0 aliphatic rings. The number of hydrogen-bond donors (Lipinski definition) is 2. The molecule has 0 saturated carbocycles. The van der Waals surface area contributed by atoms with E-state index in [-0.39, 0.29) is 12.6 Å². The second-order valence-corrected chi connectivity index (χ2v) is 8.53. The number of amides is 2. The Morgan fingerprint density at radius 2 is 1.94 bits per heavy atom. The molecule has 0 radical (unpaired) electrons. The van der Waals surface area contributed by atoms with Crippen molar-refractivity contribution in [1.29, 1.82) is 0 Å². The van der Waals surface area contributed by atoms with Crippen LogP contribution in [0.1, 0.15) is 13.8 Å². The molecule has 36 heavy (non-hydrogen) atoms. The second-order valence-electron chi connectivity index (χ2n) is 8.53. The van der Waals surface area contributed by atoms with Gasteiger partial charge in [0.05, 0.1) is 17.2 Å². The number of carbonyl (C=O) groups excluding carboxylic acids is 2. The summed E-state index contributed by atoms with van der Waals surface area (Å²) in [6.07, 6.45) is 2.30. The van der Waals surface area contributed by atoms with E-state index in [2.05, 4.69) is 15.5 Å². The van der Waals surface area contributed by atoms with E-state index in [9.17, 15) is 9.59 Å². The Labute approximate surface area is 207 Å². The number of ether oxygens (including phenoxy) is 1. The quantitative estimate of drug-likeness (QED) is 0.310. The maximum Gasteiger partial charge on any atom is 0.267 e. The summed E-state index contributed by atoms with van der Waals surface area (Å²) in [5.41, 5.74) is 3.34. The number of aromatic nitrogens is 4. The van der Waals surface area contributed by atoms with Gasteiger partial charge in [0.2, 0.25) is 6.41 Å². The van der Waals surface area contributed by atoms with E-state index < -0.39 is 5.91 Å². The van der Waals surface area contributed by atoms with Gasteiger partial charge in [-0.3, -0.25) is 19.6 Å². The number of aromatic amines is 1. The first kappa shape index (κ1) is 23.0. The van der Waals surface area contributed by atoms with Crippen LogP contribution in [-0.2, 0) is 9.59 Å². The van der Waals surface area contributed by atoms with Crippen LogP contribution in [0.15, 0.2) is 72.9 Å². The predicted octanol–water partition coefficient (Wildman–Crippen LogP) is 4.69. The average molecular weight is 481 g/mol. The number of fused-ring (bicyclic) bond motifs is 2. The van der Waals surface area contributed by atoms with Gasteiger partial charge < -0.3 is 10.1 Å². The minimum absolute atomic E-state index is 0.240. The average Bonchev–Trinajstić information content (AvgIpc) is 3.36. The summed E-state index contributed by atoms with van der Waals surface area (Å²) in [7, 11) is 0. The summed E-state index contributed by atoms with van der Waals surface area (Å²) >= 11 is 0. The summed E-state index contributed by atoms with van der Waals surface area (Å²) in [6.45, 7) is 3.29. The van der Waals surface area contributed by atoms with Crippen LogP contribution < -0.4 is 10.1 Å². The molecule has 9 heteroatoms. The van der Waals surface area contributed by atoms with Gasteiger partial charge >= 0.3 is 0 Å². The fourth-order valence-electron chi connectivity index (χ4n) is 3.87. The monoisotopic (exact) mass is 480 g/mol. The predicted molar refractivity (Wildman–Crippen MR) is 138 cm³/mol. The van der Waals surface area contributed by atoms with Crippen molar-refractivity contribution < 1.29 is 14.3 Å². The number of imide groups is 1. The molecule has 3 aromatic carbocycles. The minimum atomic E-state index is -0.409. The van der Waals surface area contributed by atoms with Crippen LogP contribution in [0.25, 0.3) is 33.2 Å². The van der Waals surface area contributed by atoms with Crippen molar-refractivity contribution in [1.82, 2.24) is 25.1 Å². The lowest BCUT2D eigenvalue weighted by molar-refractivity contribution is -0.141. The first-order valence-corrected chi connectivity index (χ1v) is 11.5. The summed E-state index contributed by atoms with van der Waals surface area (Å²) in [6, 6.07) is 20.7. The Hall–Kier alpha value is -4.79. The normalized spacial score (nSPS) is 11.1. The maximum absolute atomic E-state index is 12.3. The molecule has 180 valence electrons. The van der Waals surface area contributed by atoms with Gasteiger partial charge in [0.15, 0.2) is 12.4 Å². The Kier molecular flexibility index (Phi) is 6.27. The molecule has 0 bridgehead atoms. The van der Waals surface area contributed by atoms with Crippen molar-refractivity contribution in [2.75, 3.05) is 11.9 Å². The number of hydrogen-bond acceptors (Lipinski definition) is 7. The van der Waals surface area contributed by atoms with Gasteiger partial charge in [-0.05, 0) is 56.3 Å². The Morgan fingerprint density at radius 3 is 2.78 bits per heavy atom. The highest BCUT2D eigenvalue weighted by Gasteiger charge is 2.17. The number of nitrogens with one attached hydrogen (secondary N) is 2. The number of para-hydroxylation sites is 1. The van der Waals surface area contributed by atoms with Crippen molar-refractivity contribution in [2.45, 2.75) is 19.9 Å². The molecule has 5 aromatic rings. The van der Waals surface area contributed by atoms with E-state index in [0.717, 1.165) is 38.0 Å². The Bertz CT molecular complexity index is 1560. The number of benzene rings is 3. The van der Waals surface area contributed by atoms with Crippen molar-refractivity contribution in [2.24, 2.45) is 0 Å². The number of anilines is 2. The number of rotatable bonds is 8. The second kappa shape index (κ2) is 9.83. The van der Waals surface area contributed by atoms with Crippen LogP contribution in [0.3, 0.4) is 0 Å². The van der Waals surface area contributed by atoms with E-state index in [0.29, 0.717) is 23.8 Å². The molecule has 5 rings (SSSR count). The van der Waals surface area contributed by atoms with E-state index in [1.165, 1.54) is 0 Å². The third-order valence-electron chi connectivity index (χ3n) is 5.72. The Balaban J connectivity index is 1.45.